The molecule has 0 unspecified atom stereocenters. The lowest BCUT2D eigenvalue weighted by atomic mass is 10.2. The molecule has 1 N–H and O–H groups in total. The Hall–Kier alpha value is -2.24. The van der Waals surface area contributed by atoms with E-state index in [2.05, 4.69) is 10.5 Å². The predicted octanol–water partition coefficient (Wildman–Crippen LogP) is 3.92. The summed E-state index contributed by atoms with van der Waals surface area (Å²) < 4.78 is 10.7. The van der Waals surface area contributed by atoms with Crippen LogP contribution in [0.15, 0.2) is 47.6 Å². The molecule has 0 atom stereocenters. The maximum absolute atomic E-state index is 11.7. The summed E-state index contributed by atoms with van der Waals surface area (Å²) >= 11 is 12.0. The highest BCUT2D eigenvalue weighted by molar-refractivity contribution is 6.38. The lowest BCUT2D eigenvalue weighted by molar-refractivity contribution is -0.123. The van der Waals surface area contributed by atoms with E-state index >= 15 is 0 Å². The van der Waals surface area contributed by atoms with Gasteiger partial charge in [-0.05, 0) is 43.3 Å². The number of halogens is 2. The molecule has 0 saturated carbocycles. The van der Waals surface area contributed by atoms with Crippen molar-refractivity contribution in [1.29, 1.82) is 0 Å². The van der Waals surface area contributed by atoms with E-state index in [1.54, 1.807) is 42.5 Å². The summed E-state index contributed by atoms with van der Waals surface area (Å²) in [5.41, 5.74) is 2.89. The quantitative estimate of drug-likeness (QED) is 0.596. The molecule has 0 aromatic heterocycles. The van der Waals surface area contributed by atoms with E-state index in [4.69, 9.17) is 32.7 Å². The Morgan fingerprint density at radius 1 is 1.08 bits per heavy atom. The zero-order valence-corrected chi connectivity index (χ0v) is 14.5. The van der Waals surface area contributed by atoms with E-state index in [9.17, 15) is 4.79 Å². The number of nitrogens with zero attached hydrogens (tertiary/aromatic N) is 1. The molecule has 5 nitrogen and oxygen atoms in total. The van der Waals surface area contributed by atoms with Gasteiger partial charge < -0.3 is 9.47 Å². The third-order valence-corrected chi connectivity index (χ3v) is 3.55. The van der Waals surface area contributed by atoms with Gasteiger partial charge in [-0.2, -0.15) is 5.10 Å². The molecule has 0 fully saturated rings. The Morgan fingerprint density at radius 2 is 1.67 bits per heavy atom. The van der Waals surface area contributed by atoms with Crippen LogP contribution in [0.5, 0.6) is 11.5 Å². The lowest BCUT2D eigenvalue weighted by Gasteiger charge is -2.07. The Bertz CT molecular complexity index is 698. The molecule has 2 rings (SSSR count). The van der Waals surface area contributed by atoms with E-state index in [0.717, 1.165) is 5.75 Å². The van der Waals surface area contributed by atoms with Crippen LogP contribution in [0.1, 0.15) is 12.5 Å². The van der Waals surface area contributed by atoms with Gasteiger partial charge in [0, 0.05) is 5.56 Å². The Balaban J connectivity index is 1.82. The number of hydrazone groups is 1. The molecular weight excluding hydrogens is 351 g/mol. The molecule has 0 radical (unpaired) electrons. The van der Waals surface area contributed by atoms with Gasteiger partial charge in [0.05, 0.1) is 22.9 Å². The smallest absolute Gasteiger partial charge is 0.277 e. The van der Waals surface area contributed by atoms with E-state index < -0.39 is 5.91 Å². The Labute approximate surface area is 150 Å². The summed E-state index contributed by atoms with van der Waals surface area (Å²) in [5.74, 6) is 0.908. The summed E-state index contributed by atoms with van der Waals surface area (Å²) in [6, 6.07) is 12.1. The molecule has 0 heterocycles. The second-order valence-corrected chi connectivity index (χ2v) is 5.44. The maximum Gasteiger partial charge on any atom is 0.277 e. The highest BCUT2D eigenvalue weighted by Gasteiger charge is 2.04. The van der Waals surface area contributed by atoms with Crippen molar-refractivity contribution in [2.45, 2.75) is 6.92 Å². The van der Waals surface area contributed by atoms with Gasteiger partial charge in [0.15, 0.2) is 6.61 Å². The standard InChI is InChI=1S/C17H16Cl2N2O3/c1-2-23-12-6-8-13(9-7-12)24-11-17(22)21-20-10-14-15(18)4-3-5-16(14)19/h3-10H,2,11H2,1H3,(H,21,22)/b20-10+. The van der Waals surface area contributed by atoms with Crippen LogP contribution in [-0.2, 0) is 4.79 Å². The Morgan fingerprint density at radius 3 is 2.25 bits per heavy atom. The maximum atomic E-state index is 11.7. The molecule has 1 amide bonds. The van der Waals surface area contributed by atoms with E-state index in [0.29, 0.717) is 28.0 Å². The minimum absolute atomic E-state index is 0.165. The van der Waals surface area contributed by atoms with Crippen LogP contribution in [0.4, 0.5) is 0 Å². The molecule has 0 saturated heterocycles. The van der Waals surface area contributed by atoms with Crippen LogP contribution in [0, 0.1) is 0 Å². The van der Waals surface area contributed by atoms with E-state index in [-0.39, 0.29) is 6.61 Å². The summed E-state index contributed by atoms with van der Waals surface area (Å²) in [6.45, 7) is 2.34. The number of carbonyl (C=O) groups excluding carboxylic acids is 1. The third-order valence-electron chi connectivity index (χ3n) is 2.89. The molecule has 7 heteroatoms. The van der Waals surface area contributed by atoms with Crippen molar-refractivity contribution in [2.75, 3.05) is 13.2 Å². The van der Waals surface area contributed by atoms with Crippen LogP contribution in [0.2, 0.25) is 10.0 Å². The highest BCUT2D eigenvalue weighted by Crippen LogP contribution is 2.22. The van der Waals surface area contributed by atoms with E-state index in [1.165, 1.54) is 6.21 Å². The summed E-state index contributed by atoms with van der Waals surface area (Å²) in [5, 5.41) is 4.72. The molecular formula is C17H16Cl2N2O3. The van der Waals surface area contributed by atoms with Crippen molar-refractivity contribution < 1.29 is 14.3 Å². The number of nitrogens with one attached hydrogen (secondary N) is 1. The van der Waals surface area contributed by atoms with Crippen molar-refractivity contribution in [3.63, 3.8) is 0 Å². The fourth-order valence-electron chi connectivity index (χ4n) is 1.78. The van der Waals surface area contributed by atoms with E-state index in [1.807, 2.05) is 6.92 Å². The minimum atomic E-state index is -0.400. The first-order valence-electron chi connectivity index (χ1n) is 7.21. The first-order valence-corrected chi connectivity index (χ1v) is 7.97. The van der Waals surface area contributed by atoms with Crippen LogP contribution >= 0.6 is 23.2 Å². The number of hydrogen-bond acceptors (Lipinski definition) is 4. The normalized spacial score (nSPS) is 10.6. The monoisotopic (exact) mass is 366 g/mol. The number of amides is 1. The summed E-state index contributed by atoms with van der Waals surface area (Å²) in [4.78, 5) is 11.7. The summed E-state index contributed by atoms with van der Waals surface area (Å²) in [6.07, 6.45) is 1.39. The fourth-order valence-corrected chi connectivity index (χ4v) is 2.28. The number of benzene rings is 2. The van der Waals surface area contributed by atoms with Crippen molar-refractivity contribution >= 4 is 35.3 Å². The number of ether oxygens (including phenoxy) is 2. The molecule has 0 bridgehead atoms. The molecule has 2 aromatic carbocycles. The second kappa shape index (κ2) is 9.15. The average Bonchev–Trinajstić information content (AvgIpc) is 2.57. The molecule has 126 valence electrons. The Kier molecular flexibility index (Phi) is 6.90. The highest BCUT2D eigenvalue weighted by atomic mass is 35.5. The zero-order chi connectivity index (χ0) is 17.4. The summed E-state index contributed by atoms with van der Waals surface area (Å²) in [7, 11) is 0. The molecule has 2 aromatic rings. The van der Waals surface area contributed by atoms with Gasteiger partial charge in [-0.15, -0.1) is 0 Å². The largest absolute Gasteiger partial charge is 0.494 e. The van der Waals surface area contributed by atoms with Gasteiger partial charge >= 0.3 is 0 Å². The van der Waals surface area contributed by atoms with Gasteiger partial charge in [-0.3, -0.25) is 4.79 Å². The fraction of sp³-hybridized carbons (Fsp3) is 0.176. The van der Waals surface area contributed by atoms with Gasteiger partial charge in [0.1, 0.15) is 11.5 Å². The minimum Gasteiger partial charge on any atom is -0.494 e. The average molecular weight is 367 g/mol. The second-order valence-electron chi connectivity index (χ2n) is 4.62. The molecule has 0 aliphatic carbocycles. The SMILES string of the molecule is CCOc1ccc(OCC(=O)N/N=C/c2c(Cl)cccc2Cl)cc1. The first-order chi connectivity index (χ1) is 11.6. The number of carbonyl (C=O) groups is 1. The van der Waals surface area contributed by atoms with Crippen LogP contribution < -0.4 is 14.9 Å². The van der Waals surface area contributed by atoms with Crippen molar-refractivity contribution in [1.82, 2.24) is 5.43 Å². The van der Waals surface area contributed by atoms with Crippen molar-refractivity contribution in [3.05, 3.63) is 58.1 Å². The molecule has 0 aliphatic heterocycles. The number of rotatable bonds is 7. The molecule has 0 aliphatic rings. The molecule has 0 spiro atoms. The predicted molar refractivity (Wildman–Crippen MR) is 95.3 cm³/mol. The van der Waals surface area contributed by atoms with Gasteiger partial charge in [-0.1, -0.05) is 29.3 Å². The van der Waals surface area contributed by atoms with Crippen LogP contribution in [0.25, 0.3) is 0 Å². The molecule has 24 heavy (non-hydrogen) atoms. The van der Waals surface area contributed by atoms with Crippen molar-refractivity contribution in [3.8, 4) is 11.5 Å². The lowest BCUT2D eigenvalue weighted by Crippen LogP contribution is -2.24. The first kappa shape index (κ1) is 18.1. The third kappa shape index (κ3) is 5.44. The topological polar surface area (TPSA) is 59.9 Å². The van der Waals surface area contributed by atoms with Crippen LogP contribution in [0.3, 0.4) is 0 Å². The van der Waals surface area contributed by atoms with Crippen LogP contribution in [-0.4, -0.2) is 25.3 Å². The van der Waals surface area contributed by atoms with Crippen molar-refractivity contribution in [2.24, 2.45) is 5.10 Å². The van der Waals surface area contributed by atoms with Gasteiger partial charge in [-0.25, -0.2) is 5.43 Å². The number of hydrogen-bond donors (Lipinski definition) is 1. The van der Waals surface area contributed by atoms with Gasteiger partial charge in [0.2, 0.25) is 0 Å². The van der Waals surface area contributed by atoms with Gasteiger partial charge in [0.25, 0.3) is 5.91 Å². The zero-order valence-electron chi connectivity index (χ0n) is 13.0.